The highest BCUT2D eigenvalue weighted by molar-refractivity contribution is 5.95. The van der Waals surface area contributed by atoms with Gasteiger partial charge in [0.05, 0.1) is 0 Å². The van der Waals surface area contributed by atoms with Gasteiger partial charge in [0, 0.05) is 17.9 Å². The smallest absolute Gasteiger partial charge is 0.287 e. The van der Waals surface area contributed by atoms with E-state index in [-0.39, 0.29) is 18.1 Å². The van der Waals surface area contributed by atoms with Crippen molar-refractivity contribution in [2.75, 3.05) is 18.5 Å². The Kier molecular flexibility index (Phi) is 5.84. The number of carbonyl (C=O) groups excluding carboxylic acids is 1. The van der Waals surface area contributed by atoms with E-state index in [1.807, 2.05) is 56.3 Å². The number of anilines is 1. The second kappa shape index (κ2) is 8.28. The molecular formula is C21H27N2O2+. The monoisotopic (exact) mass is 339 g/mol. The minimum Gasteiger partial charge on any atom is -0.372 e. The van der Waals surface area contributed by atoms with Crippen LogP contribution in [0.15, 0.2) is 48.5 Å². The lowest BCUT2D eigenvalue weighted by Crippen LogP contribution is -2.89. The van der Waals surface area contributed by atoms with Crippen molar-refractivity contribution in [1.82, 2.24) is 0 Å². The molecule has 0 saturated carbocycles. The lowest BCUT2D eigenvalue weighted by molar-refractivity contribution is -0.687. The zero-order valence-corrected chi connectivity index (χ0v) is 15.0. The van der Waals surface area contributed by atoms with Crippen molar-refractivity contribution >= 4 is 11.6 Å². The van der Waals surface area contributed by atoms with Crippen molar-refractivity contribution in [1.29, 1.82) is 0 Å². The summed E-state index contributed by atoms with van der Waals surface area (Å²) in [6.45, 7) is 5.69. The molecule has 1 saturated heterocycles. The van der Waals surface area contributed by atoms with Gasteiger partial charge in [0.15, 0.2) is 6.04 Å². The molecule has 2 atom stereocenters. The van der Waals surface area contributed by atoms with Gasteiger partial charge < -0.3 is 15.4 Å². The number of nitrogens with one attached hydrogen (secondary N) is 1. The first-order valence-electron chi connectivity index (χ1n) is 9.01. The maximum absolute atomic E-state index is 13.0. The van der Waals surface area contributed by atoms with Gasteiger partial charge in [-0.2, -0.15) is 0 Å². The molecule has 132 valence electrons. The summed E-state index contributed by atoms with van der Waals surface area (Å²) in [7, 11) is 0. The first kappa shape index (κ1) is 17.6. The molecule has 2 aromatic carbocycles. The zero-order valence-electron chi connectivity index (χ0n) is 15.0. The van der Waals surface area contributed by atoms with E-state index in [1.54, 1.807) is 0 Å². The number of benzene rings is 2. The highest BCUT2D eigenvalue weighted by Crippen LogP contribution is 2.19. The molecule has 4 heteroatoms. The molecule has 1 heterocycles. The van der Waals surface area contributed by atoms with E-state index in [4.69, 9.17) is 4.74 Å². The summed E-state index contributed by atoms with van der Waals surface area (Å²) in [5.74, 6) is 0.0119. The predicted molar refractivity (Wildman–Crippen MR) is 99.5 cm³/mol. The van der Waals surface area contributed by atoms with E-state index >= 15 is 0 Å². The summed E-state index contributed by atoms with van der Waals surface area (Å²) in [5.41, 5.74) is 4.12. The van der Waals surface area contributed by atoms with Crippen molar-refractivity contribution in [2.45, 2.75) is 38.8 Å². The SMILES string of the molecule is Cc1ccc(C)c(NC(=O)[C@@H]([NH2+]C[C@@H]2CCCO2)c2ccccc2)c1. The van der Waals surface area contributed by atoms with Crippen LogP contribution in [0.1, 0.15) is 35.6 Å². The van der Waals surface area contributed by atoms with Gasteiger partial charge in [-0.1, -0.05) is 42.5 Å². The van der Waals surface area contributed by atoms with Crippen molar-refractivity contribution in [3.8, 4) is 0 Å². The van der Waals surface area contributed by atoms with Gasteiger partial charge in [-0.25, -0.2) is 0 Å². The van der Waals surface area contributed by atoms with Crippen LogP contribution in [0.5, 0.6) is 0 Å². The molecule has 4 nitrogen and oxygen atoms in total. The number of ether oxygens (including phenoxy) is 1. The van der Waals surface area contributed by atoms with Crippen LogP contribution in [0, 0.1) is 13.8 Å². The molecular weight excluding hydrogens is 312 g/mol. The zero-order chi connectivity index (χ0) is 17.6. The summed E-state index contributed by atoms with van der Waals surface area (Å²) in [4.78, 5) is 13.0. The molecule has 0 radical (unpaired) electrons. The standard InChI is InChI=1S/C21H26N2O2/c1-15-10-11-16(2)19(13-15)23-21(24)20(17-7-4-3-5-8-17)22-14-18-9-6-12-25-18/h3-5,7-8,10-11,13,18,20,22H,6,9,12,14H2,1-2H3,(H,23,24)/p+1/t18-,20-/m0/s1. The van der Waals surface area contributed by atoms with Crippen LogP contribution < -0.4 is 10.6 Å². The fourth-order valence-corrected chi connectivity index (χ4v) is 3.25. The minimum atomic E-state index is -0.273. The van der Waals surface area contributed by atoms with Crippen LogP contribution in [0.4, 0.5) is 5.69 Å². The highest BCUT2D eigenvalue weighted by Gasteiger charge is 2.27. The molecule has 1 aliphatic rings. The van der Waals surface area contributed by atoms with Crippen LogP contribution in [0.2, 0.25) is 0 Å². The molecule has 1 aliphatic heterocycles. The second-order valence-electron chi connectivity index (χ2n) is 6.80. The molecule has 0 spiro atoms. The lowest BCUT2D eigenvalue weighted by Gasteiger charge is -2.19. The van der Waals surface area contributed by atoms with E-state index in [0.29, 0.717) is 0 Å². The second-order valence-corrected chi connectivity index (χ2v) is 6.80. The summed E-state index contributed by atoms with van der Waals surface area (Å²) in [5, 5.41) is 5.22. The fourth-order valence-electron chi connectivity index (χ4n) is 3.25. The van der Waals surface area contributed by atoms with Gasteiger partial charge in [-0.05, 0) is 43.9 Å². The Bertz CT molecular complexity index is 709. The van der Waals surface area contributed by atoms with Crippen LogP contribution in [0.25, 0.3) is 0 Å². The first-order chi connectivity index (χ1) is 12.1. The van der Waals surface area contributed by atoms with E-state index < -0.39 is 0 Å². The third kappa shape index (κ3) is 4.68. The average molecular weight is 339 g/mol. The minimum absolute atomic E-state index is 0.0119. The maximum Gasteiger partial charge on any atom is 0.287 e. The van der Waals surface area contributed by atoms with Crippen molar-refractivity contribution in [2.24, 2.45) is 0 Å². The Balaban J connectivity index is 1.75. The van der Waals surface area contributed by atoms with Crippen molar-refractivity contribution in [3.05, 3.63) is 65.2 Å². The van der Waals surface area contributed by atoms with Crippen LogP contribution in [-0.4, -0.2) is 25.2 Å². The van der Waals surface area contributed by atoms with E-state index in [9.17, 15) is 4.79 Å². The number of amides is 1. The number of nitrogens with two attached hydrogens (primary N) is 1. The summed E-state index contributed by atoms with van der Waals surface area (Å²) >= 11 is 0. The van der Waals surface area contributed by atoms with Gasteiger partial charge in [-0.3, -0.25) is 4.79 Å². The first-order valence-corrected chi connectivity index (χ1v) is 9.01. The van der Waals surface area contributed by atoms with E-state index in [1.165, 1.54) is 0 Å². The Hall–Kier alpha value is -2.17. The molecule has 25 heavy (non-hydrogen) atoms. The normalized spacial score (nSPS) is 18.1. The molecule has 2 aromatic rings. The molecule has 0 aliphatic carbocycles. The lowest BCUT2D eigenvalue weighted by atomic mass is 10.0. The van der Waals surface area contributed by atoms with E-state index in [0.717, 1.165) is 48.4 Å². The summed E-state index contributed by atoms with van der Waals surface area (Å²) in [6.07, 6.45) is 2.44. The number of aryl methyl sites for hydroxylation is 2. The van der Waals surface area contributed by atoms with Crippen LogP contribution in [-0.2, 0) is 9.53 Å². The molecule has 1 fully saturated rings. The molecule has 3 rings (SSSR count). The predicted octanol–water partition coefficient (Wildman–Crippen LogP) is 2.73. The Morgan fingerprint density at radius 2 is 2.04 bits per heavy atom. The Morgan fingerprint density at radius 1 is 1.24 bits per heavy atom. The fraction of sp³-hybridized carbons (Fsp3) is 0.381. The topological polar surface area (TPSA) is 54.9 Å². The van der Waals surface area contributed by atoms with Crippen LogP contribution >= 0.6 is 0 Å². The quantitative estimate of drug-likeness (QED) is 0.850. The van der Waals surface area contributed by atoms with Crippen molar-refractivity contribution < 1.29 is 14.8 Å². The Morgan fingerprint density at radius 3 is 2.76 bits per heavy atom. The summed E-state index contributed by atoms with van der Waals surface area (Å²) < 4.78 is 5.71. The molecule has 3 N–H and O–H groups in total. The van der Waals surface area contributed by atoms with E-state index in [2.05, 4.69) is 16.7 Å². The molecule has 1 amide bonds. The van der Waals surface area contributed by atoms with Crippen molar-refractivity contribution in [3.63, 3.8) is 0 Å². The highest BCUT2D eigenvalue weighted by atomic mass is 16.5. The average Bonchev–Trinajstić information content (AvgIpc) is 3.13. The van der Waals surface area contributed by atoms with Gasteiger partial charge in [-0.15, -0.1) is 0 Å². The largest absolute Gasteiger partial charge is 0.372 e. The number of rotatable bonds is 6. The molecule has 0 bridgehead atoms. The molecule has 0 unspecified atom stereocenters. The number of hydrogen-bond acceptors (Lipinski definition) is 2. The third-order valence-electron chi connectivity index (χ3n) is 4.75. The van der Waals surface area contributed by atoms with Crippen LogP contribution in [0.3, 0.4) is 0 Å². The van der Waals surface area contributed by atoms with Gasteiger partial charge in [0.1, 0.15) is 12.6 Å². The third-order valence-corrected chi connectivity index (χ3v) is 4.75. The summed E-state index contributed by atoms with van der Waals surface area (Å²) in [6, 6.07) is 15.8. The number of hydrogen-bond donors (Lipinski definition) is 2. The van der Waals surface area contributed by atoms with Gasteiger partial charge >= 0.3 is 0 Å². The number of quaternary nitrogens is 1. The Labute approximate surface area is 149 Å². The molecule has 0 aromatic heterocycles. The van der Waals surface area contributed by atoms with Gasteiger partial charge in [0.2, 0.25) is 0 Å². The van der Waals surface area contributed by atoms with Gasteiger partial charge in [0.25, 0.3) is 5.91 Å². The number of carbonyl (C=O) groups is 1. The maximum atomic E-state index is 13.0.